The molecule has 4 nitrogen and oxygen atoms in total. The third-order valence-corrected chi connectivity index (χ3v) is 3.73. The normalized spacial score (nSPS) is 12.4. The summed E-state index contributed by atoms with van der Waals surface area (Å²) >= 11 is 0. The van der Waals surface area contributed by atoms with Crippen LogP contribution < -0.4 is 0 Å². The molecule has 1 heterocycles. The molecule has 0 amide bonds. The molecule has 1 N–H and O–H groups in total. The molecule has 0 aliphatic rings. The third kappa shape index (κ3) is 3.19. The second-order valence-corrected chi connectivity index (χ2v) is 5.69. The number of nitrogens with zero attached hydrogens (tertiary/aromatic N) is 3. The zero-order valence-electron chi connectivity index (χ0n) is 13.4. The van der Waals surface area contributed by atoms with E-state index in [9.17, 15) is 13.9 Å². The molecule has 0 saturated heterocycles. The van der Waals surface area contributed by atoms with Gasteiger partial charge in [-0.05, 0) is 32.0 Å². The van der Waals surface area contributed by atoms with E-state index in [-0.39, 0.29) is 12.1 Å². The Bertz CT molecular complexity index is 856. The van der Waals surface area contributed by atoms with E-state index in [0.717, 1.165) is 23.3 Å². The van der Waals surface area contributed by atoms with Crippen molar-refractivity contribution in [2.75, 3.05) is 0 Å². The molecule has 0 saturated carbocycles. The van der Waals surface area contributed by atoms with E-state index in [0.29, 0.717) is 11.6 Å². The van der Waals surface area contributed by atoms with Crippen molar-refractivity contribution in [2.24, 2.45) is 0 Å². The number of aryl methyl sites for hydroxylation is 2. The Hall–Kier alpha value is -2.60. The highest BCUT2D eigenvalue weighted by molar-refractivity contribution is 5.56. The topological polar surface area (TPSA) is 50.9 Å². The number of halogens is 2. The smallest absolute Gasteiger partial charge is 0.158 e. The maximum absolute atomic E-state index is 13.8. The second-order valence-electron chi connectivity index (χ2n) is 5.69. The van der Waals surface area contributed by atoms with E-state index in [1.54, 1.807) is 6.92 Å². The highest BCUT2D eigenvalue weighted by atomic mass is 19.1. The van der Waals surface area contributed by atoms with Crippen LogP contribution in [0.3, 0.4) is 0 Å². The van der Waals surface area contributed by atoms with Crippen molar-refractivity contribution in [1.82, 2.24) is 14.8 Å². The number of aliphatic hydroxyl groups is 1. The summed E-state index contributed by atoms with van der Waals surface area (Å²) in [6.45, 7) is 3.59. The van der Waals surface area contributed by atoms with Crippen LogP contribution in [0.15, 0.2) is 42.5 Å². The number of rotatable bonds is 4. The first-order chi connectivity index (χ1) is 11.5. The van der Waals surface area contributed by atoms with Crippen molar-refractivity contribution in [3.8, 4) is 11.4 Å². The van der Waals surface area contributed by atoms with Crippen LogP contribution >= 0.6 is 0 Å². The highest BCUT2D eigenvalue weighted by Crippen LogP contribution is 2.25. The van der Waals surface area contributed by atoms with E-state index >= 15 is 0 Å². The lowest BCUT2D eigenvalue weighted by atomic mass is 10.1. The summed E-state index contributed by atoms with van der Waals surface area (Å²) in [6, 6.07) is 11.2. The molecule has 1 unspecified atom stereocenters. The quantitative estimate of drug-likeness (QED) is 0.796. The third-order valence-electron chi connectivity index (χ3n) is 3.73. The summed E-state index contributed by atoms with van der Waals surface area (Å²) in [5, 5.41) is 14.5. The lowest BCUT2D eigenvalue weighted by Crippen LogP contribution is -2.14. The van der Waals surface area contributed by atoms with Gasteiger partial charge in [0.2, 0.25) is 0 Å². The van der Waals surface area contributed by atoms with Crippen LogP contribution in [-0.2, 0) is 6.54 Å². The van der Waals surface area contributed by atoms with Crippen molar-refractivity contribution in [3.63, 3.8) is 0 Å². The summed E-state index contributed by atoms with van der Waals surface area (Å²) in [5.74, 6) is -0.493. The molecule has 3 rings (SSSR count). The van der Waals surface area contributed by atoms with Gasteiger partial charge in [0.1, 0.15) is 23.6 Å². The van der Waals surface area contributed by atoms with Gasteiger partial charge in [0.05, 0.1) is 12.1 Å². The molecular weight excluding hydrogens is 312 g/mol. The monoisotopic (exact) mass is 329 g/mol. The zero-order valence-corrected chi connectivity index (χ0v) is 13.4. The van der Waals surface area contributed by atoms with E-state index in [1.165, 1.54) is 10.7 Å². The van der Waals surface area contributed by atoms with Gasteiger partial charge in [-0.3, -0.25) is 0 Å². The molecule has 24 heavy (non-hydrogen) atoms. The molecule has 0 aliphatic carbocycles. The largest absolute Gasteiger partial charge is 0.386 e. The van der Waals surface area contributed by atoms with Gasteiger partial charge < -0.3 is 5.11 Å². The van der Waals surface area contributed by atoms with Crippen LogP contribution in [-0.4, -0.2) is 19.9 Å². The van der Waals surface area contributed by atoms with Crippen LogP contribution in [0.5, 0.6) is 0 Å². The Labute approximate surface area is 138 Å². The van der Waals surface area contributed by atoms with Crippen LogP contribution in [0.2, 0.25) is 0 Å². The Morgan fingerprint density at radius 2 is 1.75 bits per heavy atom. The summed E-state index contributed by atoms with van der Waals surface area (Å²) in [7, 11) is 0. The Morgan fingerprint density at radius 3 is 2.42 bits per heavy atom. The summed E-state index contributed by atoms with van der Waals surface area (Å²) in [4.78, 5) is 4.37. The van der Waals surface area contributed by atoms with Gasteiger partial charge in [0.25, 0.3) is 0 Å². The standard InChI is InChI=1S/C18H17F2N3O/c1-11-5-3-6-13(9-11)18-21-12(2)22-23(18)10-16(24)17-14(19)7-4-8-15(17)20/h3-9,16,24H,10H2,1-2H3. The van der Waals surface area contributed by atoms with Gasteiger partial charge in [-0.2, -0.15) is 5.10 Å². The van der Waals surface area contributed by atoms with Crippen molar-refractivity contribution >= 4 is 0 Å². The Morgan fingerprint density at radius 1 is 1.08 bits per heavy atom. The van der Waals surface area contributed by atoms with Crippen molar-refractivity contribution in [2.45, 2.75) is 26.5 Å². The SMILES string of the molecule is Cc1cccc(-c2nc(C)nn2CC(O)c2c(F)cccc2F)c1. The van der Waals surface area contributed by atoms with Gasteiger partial charge in [0, 0.05) is 5.56 Å². The van der Waals surface area contributed by atoms with Crippen LogP contribution in [0.25, 0.3) is 11.4 Å². The molecule has 3 aromatic rings. The minimum atomic E-state index is -1.36. The van der Waals surface area contributed by atoms with Crippen molar-refractivity contribution < 1.29 is 13.9 Å². The fraction of sp³-hybridized carbons (Fsp3) is 0.222. The first-order valence-electron chi connectivity index (χ1n) is 7.56. The summed E-state index contributed by atoms with van der Waals surface area (Å²) in [5.41, 5.74) is 1.53. The molecule has 0 fully saturated rings. The minimum Gasteiger partial charge on any atom is -0.386 e. The summed E-state index contributed by atoms with van der Waals surface area (Å²) < 4.78 is 29.2. The fourth-order valence-electron chi connectivity index (χ4n) is 2.66. The van der Waals surface area contributed by atoms with Gasteiger partial charge in [-0.1, -0.05) is 29.8 Å². The average Bonchev–Trinajstić information content (AvgIpc) is 2.87. The second kappa shape index (κ2) is 6.49. The lowest BCUT2D eigenvalue weighted by Gasteiger charge is -2.14. The highest BCUT2D eigenvalue weighted by Gasteiger charge is 2.21. The number of hydrogen-bond acceptors (Lipinski definition) is 3. The molecule has 0 spiro atoms. The molecule has 0 aliphatic heterocycles. The lowest BCUT2D eigenvalue weighted by molar-refractivity contribution is 0.143. The number of hydrogen-bond donors (Lipinski definition) is 1. The predicted molar refractivity (Wildman–Crippen MR) is 86.2 cm³/mol. The van der Waals surface area contributed by atoms with Crippen LogP contribution in [0.4, 0.5) is 8.78 Å². The van der Waals surface area contributed by atoms with E-state index in [1.807, 2.05) is 31.2 Å². The molecular formula is C18H17F2N3O. The number of aromatic nitrogens is 3. The fourth-order valence-corrected chi connectivity index (χ4v) is 2.66. The van der Waals surface area contributed by atoms with Crippen molar-refractivity contribution in [3.05, 3.63) is 71.1 Å². The molecule has 2 aromatic carbocycles. The molecule has 0 bridgehead atoms. The molecule has 1 atom stereocenters. The first kappa shape index (κ1) is 16.3. The first-order valence-corrected chi connectivity index (χ1v) is 7.56. The maximum Gasteiger partial charge on any atom is 0.158 e. The van der Waals surface area contributed by atoms with Crippen molar-refractivity contribution in [1.29, 1.82) is 0 Å². The minimum absolute atomic E-state index is 0.0953. The number of aliphatic hydroxyl groups excluding tert-OH is 1. The Balaban J connectivity index is 1.96. The summed E-state index contributed by atoms with van der Waals surface area (Å²) in [6.07, 6.45) is -1.36. The van der Waals surface area contributed by atoms with Gasteiger partial charge >= 0.3 is 0 Å². The van der Waals surface area contributed by atoms with E-state index < -0.39 is 17.7 Å². The molecule has 6 heteroatoms. The molecule has 124 valence electrons. The maximum atomic E-state index is 13.8. The Kier molecular flexibility index (Phi) is 4.40. The molecule has 1 aromatic heterocycles. The van der Waals surface area contributed by atoms with Crippen LogP contribution in [0, 0.1) is 25.5 Å². The van der Waals surface area contributed by atoms with Crippen LogP contribution in [0.1, 0.15) is 23.1 Å². The predicted octanol–water partition coefficient (Wildman–Crippen LogP) is 3.57. The van der Waals surface area contributed by atoms with E-state index in [4.69, 9.17) is 0 Å². The van der Waals surface area contributed by atoms with Gasteiger partial charge in [-0.15, -0.1) is 0 Å². The van der Waals surface area contributed by atoms with Gasteiger partial charge in [-0.25, -0.2) is 18.4 Å². The van der Waals surface area contributed by atoms with E-state index in [2.05, 4.69) is 10.1 Å². The average molecular weight is 329 g/mol. The molecule has 0 radical (unpaired) electrons. The number of benzene rings is 2. The zero-order chi connectivity index (χ0) is 17.3. The van der Waals surface area contributed by atoms with Gasteiger partial charge in [0.15, 0.2) is 5.82 Å².